The van der Waals surface area contributed by atoms with Gasteiger partial charge in [0.2, 0.25) is 0 Å². The molecule has 0 spiro atoms. The summed E-state index contributed by atoms with van der Waals surface area (Å²) in [7, 11) is -4.87. The lowest BCUT2D eigenvalue weighted by molar-refractivity contribution is -0.153. The van der Waals surface area contributed by atoms with Gasteiger partial charge in [-0.05, 0) is 67.7 Å². The van der Waals surface area contributed by atoms with E-state index in [4.69, 9.17) is 27.8 Å². The number of aliphatic hydroxyl groups is 1. The normalized spacial score (nSPS) is 24.5. The van der Waals surface area contributed by atoms with E-state index in [-0.39, 0.29) is 23.4 Å². The molecule has 2 aliphatic rings. The van der Waals surface area contributed by atoms with Gasteiger partial charge in [-0.3, -0.25) is 0 Å². The predicted molar refractivity (Wildman–Crippen MR) is 194 cm³/mol. The first-order chi connectivity index (χ1) is 22.1. The topological polar surface area (TPSA) is 75.6 Å². The van der Waals surface area contributed by atoms with Crippen LogP contribution in [0.1, 0.15) is 75.7 Å². The zero-order chi connectivity index (χ0) is 34.5. The highest BCUT2D eigenvalue weighted by Gasteiger charge is 2.53. The average molecular weight is 685 g/mol. The van der Waals surface area contributed by atoms with Crippen molar-refractivity contribution in [2.24, 2.45) is 0 Å². The molecule has 0 unspecified atom stereocenters. The highest BCUT2D eigenvalue weighted by Crippen LogP contribution is 2.39. The van der Waals surface area contributed by atoms with Crippen LogP contribution in [0.25, 0.3) is 0 Å². The number of ether oxygens (including phenoxy) is 4. The maximum absolute atomic E-state index is 11.0. The van der Waals surface area contributed by atoms with Gasteiger partial charge < -0.3 is 32.9 Å². The van der Waals surface area contributed by atoms with Crippen molar-refractivity contribution in [3.63, 3.8) is 0 Å². The fourth-order valence-electron chi connectivity index (χ4n) is 7.15. The Balaban J connectivity index is 1.67. The van der Waals surface area contributed by atoms with Gasteiger partial charge in [-0.2, -0.15) is 0 Å². The molecular weight excluding hydrogens is 625 g/mol. The van der Waals surface area contributed by atoms with Gasteiger partial charge in [-0.25, -0.2) is 0 Å². The van der Waals surface area contributed by atoms with Crippen molar-refractivity contribution in [1.82, 2.24) is 0 Å². The Kier molecular flexibility index (Phi) is 12.6. The summed E-state index contributed by atoms with van der Waals surface area (Å²) in [4.78, 5) is 0. The standard InChI is InChI=1S/C38H60O7Si2/c1-11-46(12-2,13-3)45-32(26-20-25-31(39)33-27-40-37(7,8)42-33)35-34(43-38(9,10)44-35)28-41-47(36(4,5)6,29-21-16-14-17-22-29)30-23-18-15-19-24-30/h14-24,26,31-35,39H,11-13,25,27-28H2,1-10H3/b26-20+/t31-,32+,33+,34+,35+/m0/s1. The van der Waals surface area contributed by atoms with Gasteiger partial charge >= 0.3 is 0 Å². The van der Waals surface area contributed by atoms with Gasteiger partial charge in [0.25, 0.3) is 8.32 Å². The summed E-state index contributed by atoms with van der Waals surface area (Å²) < 4.78 is 39.5. The third-order valence-corrected chi connectivity index (χ3v) is 19.6. The summed E-state index contributed by atoms with van der Waals surface area (Å²) in [5.74, 6) is -1.50. The first-order valence-corrected chi connectivity index (χ1v) is 22.0. The fraction of sp³-hybridized carbons (Fsp3) is 0.632. The molecule has 2 aliphatic heterocycles. The number of benzene rings is 2. The Hall–Kier alpha value is -1.67. The van der Waals surface area contributed by atoms with E-state index in [2.05, 4.69) is 108 Å². The third kappa shape index (κ3) is 8.93. The van der Waals surface area contributed by atoms with E-state index in [1.807, 2.05) is 33.8 Å². The molecule has 0 saturated carbocycles. The quantitative estimate of drug-likeness (QED) is 0.161. The van der Waals surface area contributed by atoms with Crippen molar-refractivity contribution in [2.75, 3.05) is 13.2 Å². The summed E-state index contributed by atoms with van der Waals surface area (Å²) in [5, 5.41) is 13.3. The molecule has 9 heteroatoms. The minimum Gasteiger partial charge on any atom is -0.408 e. The minimum atomic E-state index is -2.81. The lowest BCUT2D eigenvalue weighted by Crippen LogP contribution is -2.67. The van der Waals surface area contributed by atoms with Crippen LogP contribution in [0.3, 0.4) is 0 Å². The lowest BCUT2D eigenvalue weighted by atomic mass is 10.1. The zero-order valence-corrected chi connectivity index (χ0v) is 32.5. The van der Waals surface area contributed by atoms with Crippen molar-refractivity contribution >= 4 is 27.0 Å². The summed E-state index contributed by atoms with van der Waals surface area (Å²) >= 11 is 0. The van der Waals surface area contributed by atoms with E-state index in [0.29, 0.717) is 19.6 Å². The molecule has 2 aromatic carbocycles. The van der Waals surface area contributed by atoms with Crippen molar-refractivity contribution in [3.05, 3.63) is 72.8 Å². The molecule has 0 aliphatic carbocycles. The van der Waals surface area contributed by atoms with Crippen LogP contribution in [0.4, 0.5) is 0 Å². The predicted octanol–water partition coefficient (Wildman–Crippen LogP) is 6.93. The Morgan fingerprint density at radius 1 is 0.851 bits per heavy atom. The monoisotopic (exact) mass is 684 g/mol. The van der Waals surface area contributed by atoms with Crippen molar-refractivity contribution < 1.29 is 32.9 Å². The van der Waals surface area contributed by atoms with E-state index in [9.17, 15) is 5.11 Å². The smallest absolute Gasteiger partial charge is 0.261 e. The van der Waals surface area contributed by atoms with Crippen molar-refractivity contribution in [3.8, 4) is 0 Å². The molecule has 47 heavy (non-hydrogen) atoms. The zero-order valence-electron chi connectivity index (χ0n) is 30.5. The number of aliphatic hydroxyl groups excluding tert-OH is 1. The Morgan fingerprint density at radius 2 is 1.40 bits per heavy atom. The Labute approximate surface area is 286 Å². The van der Waals surface area contributed by atoms with Gasteiger partial charge in [0.15, 0.2) is 19.9 Å². The molecule has 2 heterocycles. The molecular formula is C38H60O7Si2. The largest absolute Gasteiger partial charge is 0.408 e. The van der Waals surface area contributed by atoms with Crippen molar-refractivity contribution in [2.45, 2.75) is 141 Å². The molecule has 5 atom stereocenters. The highest BCUT2D eigenvalue weighted by molar-refractivity contribution is 6.99. The Bertz CT molecular complexity index is 1230. The maximum Gasteiger partial charge on any atom is 0.261 e. The maximum atomic E-state index is 11.0. The van der Waals surface area contributed by atoms with E-state index >= 15 is 0 Å². The summed E-state index contributed by atoms with van der Waals surface area (Å²) in [6, 6.07) is 24.4. The molecule has 2 aromatic rings. The lowest BCUT2D eigenvalue weighted by Gasteiger charge is -2.44. The molecule has 0 bridgehead atoms. The van der Waals surface area contributed by atoms with Crippen LogP contribution in [0.5, 0.6) is 0 Å². The molecule has 262 valence electrons. The van der Waals surface area contributed by atoms with Crippen LogP contribution in [0, 0.1) is 0 Å². The molecule has 2 fully saturated rings. The van der Waals surface area contributed by atoms with E-state index in [1.165, 1.54) is 10.4 Å². The molecule has 4 rings (SSSR count). The summed E-state index contributed by atoms with van der Waals surface area (Å²) in [6.07, 6.45) is 2.34. The molecule has 0 radical (unpaired) electrons. The number of hydrogen-bond acceptors (Lipinski definition) is 7. The summed E-state index contributed by atoms with van der Waals surface area (Å²) in [5.41, 5.74) is 0. The van der Waals surface area contributed by atoms with Crippen molar-refractivity contribution in [1.29, 1.82) is 0 Å². The minimum absolute atomic E-state index is 0.165. The van der Waals surface area contributed by atoms with Gasteiger partial charge in [0.1, 0.15) is 18.3 Å². The van der Waals surface area contributed by atoms with Crippen LogP contribution in [0.15, 0.2) is 72.8 Å². The third-order valence-electron chi connectivity index (χ3n) is 9.91. The number of hydrogen-bond donors (Lipinski definition) is 1. The second-order valence-electron chi connectivity index (χ2n) is 15.0. The summed E-state index contributed by atoms with van der Waals surface area (Å²) in [6.45, 7) is 22.0. The number of rotatable bonds is 15. The molecule has 0 aromatic heterocycles. The van der Waals surface area contributed by atoms with E-state index in [1.54, 1.807) is 0 Å². The second kappa shape index (κ2) is 15.5. The van der Waals surface area contributed by atoms with Crippen LogP contribution in [-0.2, 0) is 27.8 Å². The van der Waals surface area contributed by atoms with Crippen LogP contribution in [0.2, 0.25) is 23.2 Å². The first kappa shape index (κ1) is 38.1. The SMILES string of the molecule is CC[Si](CC)(CC)O[C@H](/C=C/C[C@H](O)[C@H]1COC(C)(C)O1)[C@H]1OC(C)(C)O[C@@H]1CO[Si](c1ccccc1)(c1ccccc1)C(C)(C)C. The molecule has 2 saturated heterocycles. The Morgan fingerprint density at radius 3 is 1.87 bits per heavy atom. The van der Waals surface area contributed by atoms with E-state index < -0.39 is 40.4 Å². The second-order valence-corrected chi connectivity index (χ2v) is 24.1. The van der Waals surface area contributed by atoms with Gasteiger partial charge in [-0.1, -0.05) is 114 Å². The van der Waals surface area contributed by atoms with Gasteiger partial charge in [0, 0.05) is 0 Å². The van der Waals surface area contributed by atoms with Crippen LogP contribution in [-0.4, -0.2) is 77.0 Å². The molecule has 0 amide bonds. The van der Waals surface area contributed by atoms with Gasteiger partial charge in [-0.15, -0.1) is 0 Å². The average Bonchev–Trinajstić information content (AvgIpc) is 3.57. The van der Waals surface area contributed by atoms with Gasteiger partial charge in [0.05, 0.1) is 25.4 Å². The van der Waals surface area contributed by atoms with Crippen LogP contribution < -0.4 is 10.4 Å². The molecule has 7 nitrogen and oxygen atoms in total. The first-order valence-electron chi connectivity index (χ1n) is 17.6. The highest BCUT2D eigenvalue weighted by atomic mass is 28.4. The van der Waals surface area contributed by atoms with E-state index in [0.717, 1.165) is 18.1 Å². The van der Waals surface area contributed by atoms with Crippen LogP contribution >= 0.6 is 0 Å². The fourth-order valence-corrected chi connectivity index (χ4v) is 14.5. The molecule has 1 N–H and O–H groups in total.